The highest BCUT2D eigenvalue weighted by atomic mass is 16.3. The summed E-state index contributed by atoms with van der Waals surface area (Å²) < 4.78 is 0. The number of rotatable bonds is 1. The molecule has 0 aromatic carbocycles. The van der Waals surface area contributed by atoms with Crippen LogP contribution in [0.25, 0.3) is 0 Å². The molecule has 2 saturated heterocycles. The van der Waals surface area contributed by atoms with E-state index in [4.69, 9.17) is 5.11 Å². The van der Waals surface area contributed by atoms with Crippen LogP contribution in [0.15, 0.2) is 0 Å². The maximum Gasteiger partial charge on any atom is 0.0460 e. The zero-order valence-electron chi connectivity index (χ0n) is 6.92. The van der Waals surface area contributed by atoms with Crippen LogP contribution in [0.3, 0.4) is 0 Å². The van der Waals surface area contributed by atoms with Crippen LogP contribution in [-0.4, -0.2) is 23.8 Å². The Kier molecular flexibility index (Phi) is 2.14. The van der Waals surface area contributed by atoms with Gasteiger partial charge >= 0.3 is 0 Å². The van der Waals surface area contributed by atoms with Gasteiger partial charge in [0.25, 0.3) is 0 Å². The summed E-state index contributed by atoms with van der Waals surface area (Å²) in [4.78, 5) is 0. The third kappa shape index (κ3) is 1.57. The second kappa shape index (κ2) is 3.11. The second-order valence-corrected chi connectivity index (χ2v) is 4.01. The maximum atomic E-state index is 9.02. The van der Waals surface area contributed by atoms with Crippen LogP contribution in [0.5, 0.6) is 0 Å². The average molecular weight is 155 g/mol. The van der Waals surface area contributed by atoms with Gasteiger partial charge in [-0.15, -0.1) is 0 Å². The van der Waals surface area contributed by atoms with Gasteiger partial charge in [-0.3, -0.25) is 0 Å². The van der Waals surface area contributed by atoms with Crippen LogP contribution in [0.2, 0.25) is 0 Å². The summed E-state index contributed by atoms with van der Waals surface area (Å²) in [6.45, 7) is 0.398. The van der Waals surface area contributed by atoms with Gasteiger partial charge in [0.1, 0.15) is 0 Å². The van der Waals surface area contributed by atoms with Gasteiger partial charge in [-0.2, -0.15) is 0 Å². The lowest BCUT2D eigenvalue weighted by molar-refractivity contribution is 0.126. The molecule has 64 valence electrons. The fourth-order valence-corrected chi connectivity index (χ4v) is 2.53. The minimum Gasteiger partial charge on any atom is -0.396 e. The molecule has 2 N–H and O–H groups in total. The van der Waals surface area contributed by atoms with Crippen molar-refractivity contribution in [2.24, 2.45) is 5.92 Å². The van der Waals surface area contributed by atoms with Gasteiger partial charge in [0.05, 0.1) is 0 Å². The van der Waals surface area contributed by atoms with Crippen molar-refractivity contribution >= 4 is 0 Å². The fourth-order valence-electron chi connectivity index (χ4n) is 2.53. The minimum absolute atomic E-state index is 0.398. The van der Waals surface area contributed by atoms with E-state index in [0.717, 1.165) is 12.1 Å². The van der Waals surface area contributed by atoms with Crippen molar-refractivity contribution in [3.8, 4) is 0 Å². The number of nitrogens with one attached hydrogen (secondary N) is 1. The predicted molar refractivity (Wildman–Crippen MR) is 44.4 cm³/mol. The zero-order chi connectivity index (χ0) is 7.68. The predicted octanol–water partition coefficient (Wildman–Crippen LogP) is 0.899. The van der Waals surface area contributed by atoms with Crippen LogP contribution < -0.4 is 5.32 Å². The molecule has 0 aliphatic carbocycles. The van der Waals surface area contributed by atoms with E-state index >= 15 is 0 Å². The van der Waals surface area contributed by atoms with Crippen molar-refractivity contribution in [1.82, 2.24) is 5.32 Å². The van der Waals surface area contributed by atoms with Gasteiger partial charge < -0.3 is 10.4 Å². The molecule has 2 unspecified atom stereocenters. The van der Waals surface area contributed by atoms with Crippen LogP contribution in [0, 0.1) is 5.92 Å². The van der Waals surface area contributed by atoms with Crippen molar-refractivity contribution in [3.05, 3.63) is 0 Å². The molecule has 2 atom stereocenters. The first-order chi connectivity index (χ1) is 5.38. The van der Waals surface area contributed by atoms with E-state index < -0.39 is 0 Å². The molecule has 2 nitrogen and oxygen atoms in total. The topological polar surface area (TPSA) is 32.3 Å². The SMILES string of the molecule is OCC1CC2CCCC(C1)N2. The molecule has 2 aliphatic heterocycles. The normalized spacial score (nSPS) is 43.9. The summed E-state index contributed by atoms with van der Waals surface area (Å²) in [5, 5.41) is 12.6. The average Bonchev–Trinajstić information content (AvgIpc) is 2.03. The quantitative estimate of drug-likeness (QED) is 0.589. The van der Waals surface area contributed by atoms with Gasteiger partial charge in [0, 0.05) is 18.7 Å². The Morgan fingerprint density at radius 1 is 1.18 bits per heavy atom. The molecule has 2 fully saturated rings. The first-order valence-corrected chi connectivity index (χ1v) is 4.75. The fraction of sp³-hybridized carbons (Fsp3) is 1.00. The van der Waals surface area contributed by atoms with Crippen LogP contribution in [0.4, 0.5) is 0 Å². The summed E-state index contributed by atoms with van der Waals surface area (Å²) in [5.74, 6) is 0.589. The van der Waals surface area contributed by atoms with Gasteiger partial charge in [0.2, 0.25) is 0 Å². The maximum absolute atomic E-state index is 9.02. The molecule has 2 rings (SSSR count). The van der Waals surface area contributed by atoms with E-state index in [0.29, 0.717) is 12.5 Å². The number of piperidine rings is 2. The number of hydrogen-bond acceptors (Lipinski definition) is 2. The molecular formula is C9H17NO. The minimum atomic E-state index is 0.398. The summed E-state index contributed by atoms with van der Waals surface area (Å²) >= 11 is 0. The Morgan fingerprint density at radius 2 is 1.82 bits per heavy atom. The Labute approximate surface area is 68.0 Å². The van der Waals surface area contributed by atoms with Gasteiger partial charge in [-0.25, -0.2) is 0 Å². The lowest BCUT2D eigenvalue weighted by Gasteiger charge is -2.39. The van der Waals surface area contributed by atoms with Crippen molar-refractivity contribution in [3.63, 3.8) is 0 Å². The summed E-state index contributed by atoms with van der Waals surface area (Å²) in [6.07, 6.45) is 6.44. The van der Waals surface area contributed by atoms with Crippen molar-refractivity contribution < 1.29 is 5.11 Å². The molecular weight excluding hydrogens is 138 g/mol. The van der Waals surface area contributed by atoms with Gasteiger partial charge in [-0.05, 0) is 31.6 Å². The number of hydrogen-bond donors (Lipinski definition) is 2. The van der Waals surface area contributed by atoms with E-state index in [9.17, 15) is 0 Å². The number of fused-ring (bicyclic) bond motifs is 2. The van der Waals surface area contributed by atoms with Crippen LogP contribution >= 0.6 is 0 Å². The Hall–Kier alpha value is -0.0800. The first kappa shape index (κ1) is 7.56. The number of aliphatic hydroxyl groups is 1. The van der Waals surface area contributed by atoms with Crippen LogP contribution in [0.1, 0.15) is 32.1 Å². The second-order valence-electron chi connectivity index (χ2n) is 4.01. The highest BCUT2D eigenvalue weighted by molar-refractivity contribution is 4.88. The molecule has 2 bridgehead atoms. The smallest absolute Gasteiger partial charge is 0.0460 e. The van der Waals surface area contributed by atoms with E-state index in [1.165, 1.54) is 32.1 Å². The molecule has 0 amide bonds. The van der Waals surface area contributed by atoms with Gasteiger partial charge in [-0.1, -0.05) is 6.42 Å². The third-order valence-corrected chi connectivity index (χ3v) is 3.07. The molecule has 2 heterocycles. The molecule has 0 radical (unpaired) electrons. The summed E-state index contributed by atoms with van der Waals surface area (Å²) in [5.41, 5.74) is 0. The molecule has 0 spiro atoms. The van der Waals surface area contributed by atoms with E-state index in [1.54, 1.807) is 0 Å². The molecule has 2 heteroatoms. The zero-order valence-corrected chi connectivity index (χ0v) is 6.92. The molecule has 2 aliphatic rings. The van der Waals surface area contributed by atoms with Crippen molar-refractivity contribution in [2.45, 2.75) is 44.2 Å². The largest absolute Gasteiger partial charge is 0.396 e. The van der Waals surface area contributed by atoms with E-state index in [-0.39, 0.29) is 0 Å². The molecule has 0 aromatic heterocycles. The third-order valence-electron chi connectivity index (χ3n) is 3.07. The van der Waals surface area contributed by atoms with E-state index in [2.05, 4.69) is 5.32 Å². The highest BCUT2D eigenvalue weighted by Gasteiger charge is 2.30. The highest BCUT2D eigenvalue weighted by Crippen LogP contribution is 2.28. The van der Waals surface area contributed by atoms with E-state index in [1.807, 2.05) is 0 Å². The summed E-state index contributed by atoms with van der Waals surface area (Å²) in [7, 11) is 0. The Balaban J connectivity index is 1.94. The standard InChI is InChI=1S/C9H17NO/c11-6-7-4-8-2-1-3-9(5-7)10-8/h7-11H,1-6H2. The molecule has 0 aromatic rings. The van der Waals surface area contributed by atoms with Crippen molar-refractivity contribution in [1.29, 1.82) is 0 Å². The molecule has 0 saturated carbocycles. The molecule has 11 heavy (non-hydrogen) atoms. The summed E-state index contributed by atoms with van der Waals surface area (Å²) in [6, 6.07) is 1.44. The monoisotopic (exact) mass is 155 g/mol. The first-order valence-electron chi connectivity index (χ1n) is 4.75. The lowest BCUT2D eigenvalue weighted by Crippen LogP contribution is -2.49. The van der Waals surface area contributed by atoms with Crippen LogP contribution in [-0.2, 0) is 0 Å². The Morgan fingerprint density at radius 3 is 2.36 bits per heavy atom. The van der Waals surface area contributed by atoms with Crippen molar-refractivity contribution in [2.75, 3.05) is 6.61 Å². The lowest BCUT2D eigenvalue weighted by atomic mass is 9.81. The number of aliphatic hydroxyl groups excluding tert-OH is 1. The Bertz CT molecular complexity index is 126. The van der Waals surface area contributed by atoms with Gasteiger partial charge in [0.15, 0.2) is 0 Å².